The molecule has 1 fully saturated rings. The predicted octanol–water partition coefficient (Wildman–Crippen LogP) is 2.92. The van der Waals surface area contributed by atoms with E-state index in [-0.39, 0.29) is 0 Å². The van der Waals surface area contributed by atoms with E-state index in [1.54, 1.807) is 0 Å². The zero-order valence-electron chi connectivity index (χ0n) is 11.7. The first-order valence-electron chi connectivity index (χ1n) is 7.10. The minimum absolute atomic E-state index is 0.450. The Kier molecular flexibility index (Phi) is 4.28. The number of hydrogen-bond acceptors (Lipinski definition) is 5. The van der Waals surface area contributed by atoms with Gasteiger partial charge in [0.15, 0.2) is 0 Å². The molecule has 0 saturated carbocycles. The Balaban J connectivity index is 1.57. The van der Waals surface area contributed by atoms with E-state index < -0.39 is 0 Å². The summed E-state index contributed by atoms with van der Waals surface area (Å²) in [5.74, 6) is 0.757. The maximum absolute atomic E-state index is 4.43. The van der Waals surface area contributed by atoms with E-state index >= 15 is 0 Å². The SMILES string of the molecule is Cc1ccnc(NC2CCCN(Cc3cccs3)C2)n1. The zero-order chi connectivity index (χ0) is 13.8. The molecular formula is C15H20N4S. The van der Waals surface area contributed by atoms with Crippen molar-refractivity contribution in [3.63, 3.8) is 0 Å². The molecule has 106 valence electrons. The number of aryl methyl sites for hydroxylation is 1. The standard InChI is InChI=1S/C15H20N4S/c1-12-6-7-16-15(17-12)18-13-4-2-8-19(10-13)11-14-5-3-9-20-14/h3,5-7,9,13H,2,4,8,10-11H2,1H3,(H,16,17,18). The van der Waals surface area contributed by atoms with E-state index in [1.165, 1.54) is 24.3 Å². The quantitative estimate of drug-likeness (QED) is 0.939. The Hall–Kier alpha value is -1.46. The van der Waals surface area contributed by atoms with Crippen molar-refractivity contribution in [1.82, 2.24) is 14.9 Å². The van der Waals surface area contributed by atoms with E-state index in [0.717, 1.165) is 24.7 Å². The minimum Gasteiger partial charge on any atom is -0.350 e. The molecule has 20 heavy (non-hydrogen) atoms. The number of rotatable bonds is 4. The van der Waals surface area contributed by atoms with Gasteiger partial charge in [0.05, 0.1) is 0 Å². The van der Waals surface area contributed by atoms with Crippen LogP contribution in [0.4, 0.5) is 5.95 Å². The lowest BCUT2D eigenvalue weighted by Gasteiger charge is -2.32. The third kappa shape index (κ3) is 3.55. The molecule has 2 aromatic rings. The first-order chi connectivity index (χ1) is 9.79. The number of piperidine rings is 1. The molecule has 1 N–H and O–H groups in total. The largest absolute Gasteiger partial charge is 0.350 e. The van der Waals surface area contributed by atoms with Crippen LogP contribution in [0, 0.1) is 6.92 Å². The van der Waals surface area contributed by atoms with Crippen molar-refractivity contribution in [2.24, 2.45) is 0 Å². The Morgan fingerprint density at radius 1 is 1.45 bits per heavy atom. The topological polar surface area (TPSA) is 41.1 Å². The highest BCUT2D eigenvalue weighted by Crippen LogP contribution is 2.18. The zero-order valence-corrected chi connectivity index (χ0v) is 12.6. The number of hydrogen-bond donors (Lipinski definition) is 1. The average molecular weight is 288 g/mol. The maximum Gasteiger partial charge on any atom is 0.223 e. The summed E-state index contributed by atoms with van der Waals surface area (Å²) in [6, 6.07) is 6.71. The van der Waals surface area contributed by atoms with Crippen molar-refractivity contribution in [1.29, 1.82) is 0 Å². The third-order valence-corrected chi connectivity index (χ3v) is 4.45. The molecule has 1 unspecified atom stereocenters. The van der Waals surface area contributed by atoms with Crippen LogP contribution < -0.4 is 5.32 Å². The van der Waals surface area contributed by atoms with Crippen LogP contribution in [0.5, 0.6) is 0 Å². The fraction of sp³-hybridized carbons (Fsp3) is 0.467. The Morgan fingerprint density at radius 2 is 2.40 bits per heavy atom. The van der Waals surface area contributed by atoms with Gasteiger partial charge in [-0.25, -0.2) is 9.97 Å². The average Bonchev–Trinajstić information content (AvgIpc) is 2.92. The molecule has 4 nitrogen and oxygen atoms in total. The van der Waals surface area contributed by atoms with Crippen LogP contribution in [-0.4, -0.2) is 34.0 Å². The van der Waals surface area contributed by atoms with E-state index in [1.807, 2.05) is 30.5 Å². The molecule has 3 rings (SSSR count). The monoisotopic (exact) mass is 288 g/mol. The minimum atomic E-state index is 0.450. The van der Waals surface area contributed by atoms with Crippen LogP contribution in [0.3, 0.4) is 0 Å². The molecule has 2 aromatic heterocycles. The molecule has 1 aliphatic rings. The first kappa shape index (κ1) is 13.5. The molecule has 0 radical (unpaired) electrons. The number of nitrogens with zero attached hydrogens (tertiary/aromatic N) is 3. The molecule has 0 aromatic carbocycles. The number of nitrogens with one attached hydrogen (secondary N) is 1. The summed E-state index contributed by atoms with van der Waals surface area (Å²) in [6.07, 6.45) is 4.24. The van der Waals surface area contributed by atoms with Crippen molar-refractivity contribution in [3.8, 4) is 0 Å². The van der Waals surface area contributed by atoms with Crippen molar-refractivity contribution in [2.75, 3.05) is 18.4 Å². The lowest BCUT2D eigenvalue weighted by Crippen LogP contribution is -2.41. The predicted molar refractivity (Wildman–Crippen MR) is 83.0 cm³/mol. The summed E-state index contributed by atoms with van der Waals surface area (Å²) in [7, 11) is 0. The van der Waals surface area contributed by atoms with Gasteiger partial charge in [0.2, 0.25) is 5.95 Å². The van der Waals surface area contributed by atoms with E-state index in [9.17, 15) is 0 Å². The number of anilines is 1. The highest BCUT2D eigenvalue weighted by molar-refractivity contribution is 7.09. The van der Waals surface area contributed by atoms with Crippen LogP contribution in [-0.2, 0) is 6.54 Å². The smallest absolute Gasteiger partial charge is 0.223 e. The summed E-state index contributed by atoms with van der Waals surface area (Å²) >= 11 is 1.84. The van der Waals surface area contributed by atoms with Crippen LogP contribution in [0.2, 0.25) is 0 Å². The highest BCUT2D eigenvalue weighted by Gasteiger charge is 2.20. The molecule has 5 heteroatoms. The van der Waals surface area contributed by atoms with Gasteiger partial charge in [0.25, 0.3) is 0 Å². The Bertz CT molecular complexity index is 541. The fourth-order valence-corrected chi connectivity index (χ4v) is 3.39. The summed E-state index contributed by atoms with van der Waals surface area (Å²) in [6.45, 7) is 5.31. The lowest BCUT2D eigenvalue weighted by atomic mass is 10.1. The second-order valence-electron chi connectivity index (χ2n) is 5.32. The molecule has 0 amide bonds. The van der Waals surface area contributed by atoms with Crippen LogP contribution >= 0.6 is 11.3 Å². The molecule has 0 bridgehead atoms. The van der Waals surface area contributed by atoms with Crippen molar-refractivity contribution in [2.45, 2.75) is 32.4 Å². The van der Waals surface area contributed by atoms with Gasteiger partial charge < -0.3 is 5.32 Å². The summed E-state index contributed by atoms with van der Waals surface area (Å²) in [5, 5.41) is 5.62. The molecular weight excluding hydrogens is 268 g/mol. The van der Waals surface area contributed by atoms with Crippen LogP contribution in [0.15, 0.2) is 29.8 Å². The van der Waals surface area contributed by atoms with Crippen molar-refractivity contribution in [3.05, 3.63) is 40.3 Å². The fourth-order valence-electron chi connectivity index (χ4n) is 2.64. The maximum atomic E-state index is 4.43. The number of aromatic nitrogens is 2. The van der Waals surface area contributed by atoms with Gasteiger partial charge in [-0.15, -0.1) is 11.3 Å². The van der Waals surface area contributed by atoms with Gasteiger partial charge in [-0.05, 0) is 43.8 Å². The summed E-state index contributed by atoms with van der Waals surface area (Å²) in [5.41, 5.74) is 1.01. The summed E-state index contributed by atoms with van der Waals surface area (Å²) < 4.78 is 0. The second-order valence-corrected chi connectivity index (χ2v) is 6.35. The number of likely N-dealkylation sites (tertiary alicyclic amines) is 1. The molecule has 1 saturated heterocycles. The van der Waals surface area contributed by atoms with Gasteiger partial charge >= 0.3 is 0 Å². The molecule has 1 atom stereocenters. The third-order valence-electron chi connectivity index (χ3n) is 3.59. The van der Waals surface area contributed by atoms with Crippen molar-refractivity contribution < 1.29 is 0 Å². The van der Waals surface area contributed by atoms with Gasteiger partial charge in [0.1, 0.15) is 0 Å². The number of thiophene rings is 1. The molecule has 0 spiro atoms. The van der Waals surface area contributed by atoms with Crippen molar-refractivity contribution >= 4 is 17.3 Å². The summed E-state index contributed by atoms with van der Waals surface area (Å²) in [4.78, 5) is 12.7. The molecule has 0 aliphatic carbocycles. The second kappa shape index (κ2) is 6.33. The van der Waals surface area contributed by atoms with Gasteiger partial charge in [-0.3, -0.25) is 4.90 Å². The van der Waals surface area contributed by atoms with E-state index in [2.05, 4.69) is 37.7 Å². The molecule has 1 aliphatic heterocycles. The van der Waals surface area contributed by atoms with Gasteiger partial charge in [-0.2, -0.15) is 0 Å². The molecule has 3 heterocycles. The Labute approximate surface area is 123 Å². The van der Waals surface area contributed by atoms with E-state index in [4.69, 9.17) is 0 Å². The van der Waals surface area contributed by atoms with Crippen LogP contribution in [0.1, 0.15) is 23.4 Å². The highest BCUT2D eigenvalue weighted by atomic mass is 32.1. The van der Waals surface area contributed by atoms with Gasteiger partial charge in [0, 0.05) is 35.9 Å². The van der Waals surface area contributed by atoms with Gasteiger partial charge in [-0.1, -0.05) is 6.07 Å². The lowest BCUT2D eigenvalue weighted by molar-refractivity contribution is 0.210. The first-order valence-corrected chi connectivity index (χ1v) is 7.98. The van der Waals surface area contributed by atoms with E-state index in [0.29, 0.717) is 6.04 Å². The Morgan fingerprint density at radius 3 is 3.20 bits per heavy atom. The normalized spacial score (nSPS) is 19.9. The van der Waals surface area contributed by atoms with Crippen LogP contribution in [0.25, 0.3) is 0 Å².